The number of fused-ring (bicyclic) bond motifs is 3. The van der Waals surface area contributed by atoms with Crippen LogP contribution < -0.4 is 0 Å². The SMILES string of the molecule is CCN1OC2CCC1CC2. The first-order valence-corrected chi connectivity index (χ1v) is 4.33. The molecule has 0 spiro atoms. The molecule has 2 heterocycles. The van der Waals surface area contributed by atoms with Gasteiger partial charge in [-0.3, -0.25) is 4.84 Å². The number of hydrogen-bond donors (Lipinski definition) is 0. The van der Waals surface area contributed by atoms with E-state index in [9.17, 15) is 0 Å². The van der Waals surface area contributed by atoms with Gasteiger partial charge in [0.1, 0.15) is 0 Å². The van der Waals surface area contributed by atoms with Crippen LogP contribution >= 0.6 is 0 Å². The third-order valence-corrected chi connectivity index (χ3v) is 2.65. The quantitative estimate of drug-likeness (QED) is 0.549. The van der Waals surface area contributed by atoms with Crippen molar-refractivity contribution in [2.75, 3.05) is 6.54 Å². The van der Waals surface area contributed by atoms with Gasteiger partial charge in [-0.05, 0) is 25.7 Å². The van der Waals surface area contributed by atoms with Gasteiger partial charge in [-0.25, -0.2) is 0 Å². The summed E-state index contributed by atoms with van der Waals surface area (Å²) in [6.07, 6.45) is 5.87. The predicted octanol–water partition coefficient (Wildman–Crippen LogP) is 1.56. The van der Waals surface area contributed by atoms with Gasteiger partial charge in [-0.15, -0.1) is 0 Å². The van der Waals surface area contributed by atoms with E-state index < -0.39 is 0 Å². The van der Waals surface area contributed by atoms with Gasteiger partial charge >= 0.3 is 0 Å². The van der Waals surface area contributed by atoms with Crippen molar-refractivity contribution in [1.82, 2.24) is 5.06 Å². The zero-order valence-electron chi connectivity index (χ0n) is 6.55. The molecule has 1 saturated carbocycles. The summed E-state index contributed by atoms with van der Waals surface area (Å²) in [4.78, 5) is 5.67. The predicted molar refractivity (Wildman–Crippen MR) is 39.5 cm³/mol. The van der Waals surface area contributed by atoms with Crippen LogP contribution in [0.5, 0.6) is 0 Å². The maximum Gasteiger partial charge on any atom is 0.0794 e. The molecule has 2 aliphatic heterocycles. The Bertz CT molecular complexity index is 118. The standard InChI is InChI=1S/C8H15NO/c1-2-9-7-3-5-8(10-9)6-4-7/h7-8H,2-6H2,1H3. The Morgan fingerprint density at radius 3 is 2.30 bits per heavy atom. The molecular formula is C8H15NO. The number of rotatable bonds is 1. The Labute approximate surface area is 62.1 Å². The second-order valence-corrected chi connectivity index (χ2v) is 3.27. The molecule has 0 radical (unpaired) electrons. The molecule has 0 aromatic heterocycles. The summed E-state index contributed by atoms with van der Waals surface area (Å²) in [5, 5.41) is 2.16. The lowest BCUT2D eigenvalue weighted by Gasteiger charge is -2.43. The summed E-state index contributed by atoms with van der Waals surface area (Å²) in [5.41, 5.74) is 0. The first-order valence-electron chi connectivity index (χ1n) is 4.33. The molecule has 3 aliphatic rings. The van der Waals surface area contributed by atoms with Gasteiger partial charge in [0.05, 0.1) is 6.10 Å². The zero-order chi connectivity index (χ0) is 6.97. The van der Waals surface area contributed by atoms with E-state index in [-0.39, 0.29) is 0 Å². The molecule has 2 saturated heterocycles. The van der Waals surface area contributed by atoms with Crippen molar-refractivity contribution in [3.63, 3.8) is 0 Å². The molecule has 0 N–H and O–H groups in total. The second-order valence-electron chi connectivity index (χ2n) is 3.27. The summed E-state index contributed by atoms with van der Waals surface area (Å²) in [6.45, 7) is 3.22. The fraction of sp³-hybridized carbons (Fsp3) is 1.00. The van der Waals surface area contributed by atoms with E-state index in [1.54, 1.807) is 0 Å². The average molecular weight is 141 g/mol. The minimum absolute atomic E-state index is 0.560. The molecule has 10 heavy (non-hydrogen) atoms. The lowest BCUT2D eigenvalue weighted by molar-refractivity contribution is -0.273. The zero-order valence-corrected chi connectivity index (χ0v) is 6.55. The van der Waals surface area contributed by atoms with Gasteiger partial charge < -0.3 is 0 Å². The molecule has 2 heteroatoms. The Balaban J connectivity index is 2.01. The summed E-state index contributed by atoms with van der Waals surface area (Å²) in [5.74, 6) is 0. The van der Waals surface area contributed by atoms with E-state index in [2.05, 4.69) is 12.0 Å². The Kier molecular flexibility index (Phi) is 1.66. The van der Waals surface area contributed by atoms with E-state index in [4.69, 9.17) is 4.84 Å². The van der Waals surface area contributed by atoms with E-state index >= 15 is 0 Å². The lowest BCUT2D eigenvalue weighted by atomic mass is 9.91. The van der Waals surface area contributed by atoms with Gasteiger partial charge in [0.25, 0.3) is 0 Å². The van der Waals surface area contributed by atoms with Crippen molar-refractivity contribution < 1.29 is 4.84 Å². The fourth-order valence-electron chi connectivity index (χ4n) is 2.05. The Morgan fingerprint density at radius 2 is 2.00 bits per heavy atom. The van der Waals surface area contributed by atoms with Crippen molar-refractivity contribution in [2.24, 2.45) is 0 Å². The van der Waals surface area contributed by atoms with Crippen LogP contribution in [0.1, 0.15) is 32.6 Å². The molecule has 3 rings (SSSR count). The van der Waals surface area contributed by atoms with Crippen LogP contribution in [0.4, 0.5) is 0 Å². The maximum atomic E-state index is 5.67. The third-order valence-electron chi connectivity index (χ3n) is 2.65. The minimum atomic E-state index is 0.560. The van der Waals surface area contributed by atoms with Crippen molar-refractivity contribution in [2.45, 2.75) is 44.8 Å². The number of nitrogens with zero attached hydrogens (tertiary/aromatic N) is 1. The molecule has 0 atom stereocenters. The molecule has 1 aliphatic carbocycles. The molecular weight excluding hydrogens is 126 g/mol. The van der Waals surface area contributed by atoms with Crippen LogP contribution in [0.15, 0.2) is 0 Å². The molecule has 3 fully saturated rings. The smallest absolute Gasteiger partial charge is 0.0794 e. The van der Waals surface area contributed by atoms with Crippen LogP contribution in [0.3, 0.4) is 0 Å². The first-order chi connectivity index (χ1) is 4.90. The van der Waals surface area contributed by atoms with Crippen molar-refractivity contribution in [1.29, 1.82) is 0 Å². The minimum Gasteiger partial charge on any atom is -0.295 e. The van der Waals surface area contributed by atoms with E-state index in [1.165, 1.54) is 25.7 Å². The Hall–Kier alpha value is -0.0800. The van der Waals surface area contributed by atoms with Crippen LogP contribution in [-0.4, -0.2) is 23.8 Å². The molecule has 2 bridgehead atoms. The topological polar surface area (TPSA) is 12.5 Å². The lowest BCUT2D eigenvalue weighted by Crippen LogP contribution is -2.48. The van der Waals surface area contributed by atoms with E-state index in [0.717, 1.165) is 12.6 Å². The highest BCUT2D eigenvalue weighted by Gasteiger charge is 2.33. The van der Waals surface area contributed by atoms with Crippen molar-refractivity contribution in [3.05, 3.63) is 0 Å². The summed E-state index contributed by atoms with van der Waals surface area (Å²) >= 11 is 0. The fourth-order valence-corrected chi connectivity index (χ4v) is 2.05. The van der Waals surface area contributed by atoms with Crippen molar-refractivity contribution >= 4 is 0 Å². The molecule has 58 valence electrons. The number of hydroxylamine groups is 2. The maximum absolute atomic E-state index is 5.67. The van der Waals surface area contributed by atoms with Crippen LogP contribution in [0.2, 0.25) is 0 Å². The summed E-state index contributed by atoms with van der Waals surface area (Å²) < 4.78 is 0. The highest BCUT2D eigenvalue weighted by atomic mass is 16.7. The van der Waals surface area contributed by atoms with E-state index in [1.807, 2.05) is 0 Å². The molecule has 2 nitrogen and oxygen atoms in total. The summed E-state index contributed by atoms with van der Waals surface area (Å²) in [6, 6.07) is 0.745. The van der Waals surface area contributed by atoms with Gasteiger partial charge in [0.2, 0.25) is 0 Å². The number of hydrogen-bond acceptors (Lipinski definition) is 2. The first kappa shape index (κ1) is 6.62. The summed E-state index contributed by atoms with van der Waals surface area (Å²) in [7, 11) is 0. The van der Waals surface area contributed by atoms with Crippen LogP contribution in [0, 0.1) is 0 Å². The monoisotopic (exact) mass is 141 g/mol. The largest absolute Gasteiger partial charge is 0.295 e. The van der Waals surface area contributed by atoms with Crippen molar-refractivity contribution in [3.8, 4) is 0 Å². The van der Waals surface area contributed by atoms with Gasteiger partial charge in [-0.2, -0.15) is 5.06 Å². The second kappa shape index (κ2) is 2.51. The molecule has 0 amide bonds. The highest BCUT2D eigenvalue weighted by molar-refractivity contribution is 4.81. The molecule has 0 aromatic carbocycles. The average Bonchev–Trinajstić information content (AvgIpc) is 2.06. The van der Waals surface area contributed by atoms with Gasteiger partial charge in [-0.1, -0.05) is 6.92 Å². The van der Waals surface area contributed by atoms with Crippen LogP contribution in [0.25, 0.3) is 0 Å². The van der Waals surface area contributed by atoms with E-state index in [0.29, 0.717) is 6.10 Å². The van der Waals surface area contributed by atoms with Gasteiger partial charge in [0.15, 0.2) is 0 Å². The van der Waals surface area contributed by atoms with Gasteiger partial charge in [0, 0.05) is 12.6 Å². The third kappa shape index (κ3) is 0.956. The molecule has 0 aromatic rings. The van der Waals surface area contributed by atoms with Crippen LogP contribution in [-0.2, 0) is 4.84 Å². The molecule has 0 unspecified atom stereocenters. The Morgan fingerprint density at radius 1 is 1.30 bits per heavy atom. The highest BCUT2D eigenvalue weighted by Crippen LogP contribution is 2.31. The normalized spacial score (nSPS) is 40.5.